The molecule has 1 aliphatic heterocycles. The van der Waals surface area contributed by atoms with E-state index < -0.39 is 5.92 Å². The Bertz CT molecular complexity index is 884. The first-order valence-corrected chi connectivity index (χ1v) is 8.90. The number of nitrogens with zero attached hydrogens (tertiary/aromatic N) is 1. The predicted octanol–water partition coefficient (Wildman–Crippen LogP) is 3.66. The van der Waals surface area contributed by atoms with E-state index in [-0.39, 0.29) is 24.8 Å². The maximum atomic E-state index is 12.6. The van der Waals surface area contributed by atoms with Gasteiger partial charge in [0, 0.05) is 29.7 Å². The lowest BCUT2D eigenvalue weighted by atomic mass is 10.1. The second kappa shape index (κ2) is 7.88. The molecule has 0 aliphatic carbocycles. The molecule has 0 saturated carbocycles. The summed E-state index contributed by atoms with van der Waals surface area (Å²) in [5, 5.41) is 3.42. The molecule has 7 heteroatoms. The number of nitrogens with one attached hydrogen (secondary N) is 1. The van der Waals surface area contributed by atoms with Gasteiger partial charge in [-0.2, -0.15) is 0 Å². The minimum atomic E-state index is -0.454. The van der Waals surface area contributed by atoms with Crippen LogP contribution >= 0.6 is 11.6 Å². The highest BCUT2D eigenvalue weighted by Crippen LogP contribution is 2.36. The summed E-state index contributed by atoms with van der Waals surface area (Å²) in [6.45, 7) is 2.18. The van der Waals surface area contributed by atoms with Crippen molar-refractivity contribution in [3.63, 3.8) is 0 Å². The van der Waals surface area contributed by atoms with Gasteiger partial charge in [-0.15, -0.1) is 0 Å². The van der Waals surface area contributed by atoms with Crippen molar-refractivity contribution in [2.75, 3.05) is 31.0 Å². The lowest BCUT2D eigenvalue weighted by Gasteiger charge is -2.20. The minimum Gasteiger partial charge on any atom is -0.497 e. The van der Waals surface area contributed by atoms with Gasteiger partial charge in [0.05, 0.1) is 25.8 Å². The van der Waals surface area contributed by atoms with Gasteiger partial charge in [-0.25, -0.2) is 0 Å². The van der Waals surface area contributed by atoms with Crippen LogP contribution in [0.25, 0.3) is 0 Å². The molecule has 0 spiro atoms. The van der Waals surface area contributed by atoms with Crippen LogP contribution < -0.4 is 19.7 Å². The highest BCUT2D eigenvalue weighted by atomic mass is 35.5. The highest BCUT2D eigenvalue weighted by molar-refractivity contribution is 6.31. The second-order valence-corrected chi connectivity index (χ2v) is 6.80. The Morgan fingerprint density at radius 1 is 1.19 bits per heavy atom. The zero-order valence-electron chi connectivity index (χ0n) is 15.4. The van der Waals surface area contributed by atoms with Crippen LogP contribution in [-0.2, 0) is 9.59 Å². The number of ether oxygens (including phenoxy) is 2. The molecule has 1 saturated heterocycles. The molecule has 3 rings (SSSR count). The first-order chi connectivity index (χ1) is 12.9. The van der Waals surface area contributed by atoms with Crippen molar-refractivity contribution in [1.29, 1.82) is 0 Å². The summed E-state index contributed by atoms with van der Waals surface area (Å²) in [6.07, 6.45) is 0.139. The normalized spacial score (nSPS) is 16.4. The Morgan fingerprint density at radius 3 is 2.63 bits per heavy atom. The first-order valence-electron chi connectivity index (χ1n) is 8.52. The van der Waals surface area contributed by atoms with Gasteiger partial charge in [0.2, 0.25) is 11.8 Å². The third-order valence-corrected chi connectivity index (χ3v) is 5.02. The van der Waals surface area contributed by atoms with Crippen molar-refractivity contribution in [3.8, 4) is 11.5 Å². The maximum absolute atomic E-state index is 12.6. The van der Waals surface area contributed by atoms with Gasteiger partial charge < -0.3 is 19.7 Å². The van der Waals surface area contributed by atoms with Crippen molar-refractivity contribution in [2.24, 2.45) is 5.92 Å². The van der Waals surface area contributed by atoms with Gasteiger partial charge in [-0.1, -0.05) is 17.7 Å². The van der Waals surface area contributed by atoms with Crippen molar-refractivity contribution >= 4 is 34.8 Å². The number of rotatable bonds is 5. The molecule has 0 radical (unpaired) electrons. The molecule has 142 valence electrons. The van der Waals surface area contributed by atoms with E-state index in [0.717, 1.165) is 5.56 Å². The van der Waals surface area contributed by atoms with Crippen LogP contribution in [0.5, 0.6) is 11.5 Å². The van der Waals surface area contributed by atoms with Crippen molar-refractivity contribution in [1.82, 2.24) is 0 Å². The largest absolute Gasteiger partial charge is 0.497 e. The van der Waals surface area contributed by atoms with Crippen LogP contribution in [0, 0.1) is 12.8 Å². The van der Waals surface area contributed by atoms with Gasteiger partial charge in [0.25, 0.3) is 0 Å². The lowest BCUT2D eigenvalue weighted by molar-refractivity contribution is -0.122. The summed E-state index contributed by atoms with van der Waals surface area (Å²) >= 11 is 6.10. The predicted molar refractivity (Wildman–Crippen MR) is 105 cm³/mol. The molecule has 2 aromatic rings. The highest BCUT2D eigenvalue weighted by Gasteiger charge is 2.36. The zero-order chi connectivity index (χ0) is 19.6. The van der Waals surface area contributed by atoms with Crippen LogP contribution in [0.3, 0.4) is 0 Å². The molecule has 0 bridgehead atoms. The minimum absolute atomic E-state index is 0.124. The molecule has 0 aromatic heterocycles. The quantitative estimate of drug-likeness (QED) is 0.848. The van der Waals surface area contributed by atoms with E-state index in [1.807, 2.05) is 13.0 Å². The number of aryl methyl sites for hydroxylation is 1. The van der Waals surface area contributed by atoms with Gasteiger partial charge in [-0.05, 0) is 36.8 Å². The molecular formula is C20H21ClN2O4. The molecule has 1 heterocycles. The Balaban J connectivity index is 1.75. The van der Waals surface area contributed by atoms with Gasteiger partial charge in [-0.3, -0.25) is 9.59 Å². The lowest BCUT2D eigenvalue weighted by Crippen LogP contribution is -2.28. The van der Waals surface area contributed by atoms with Gasteiger partial charge in [0.1, 0.15) is 11.5 Å². The number of carbonyl (C=O) groups excluding carboxylic acids is 2. The molecular weight excluding hydrogens is 368 g/mol. The summed E-state index contributed by atoms with van der Waals surface area (Å²) < 4.78 is 10.6. The summed E-state index contributed by atoms with van der Waals surface area (Å²) in [7, 11) is 3.09. The molecule has 6 nitrogen and oxygen atoms in total. The molecule has 2 aromatic carbocycles. The third-order valence-electron chi connectivity index (χ3n) is 4.61. The number of methoxy groups -OCH3 is 2. The summed E-state index contributed by atoms with van der Waals surface area (Å²) in [5.41, 5.74) is 2.17. The van der Waals surface area contributed by atoms with Crippen LogP contribution in [0.1, 0.15) is 12.0 Å². The fraction of sp³-hybridized carbons (Fsp3) is 0.300. The van der Waals surface area contributed by atoms with E-state index in [0.29, 0.717) is 27.9 Å². The van der Waals surface area contributed by atoms with Crippen molar-refractivity contribution in [2.45, 2.75) is 13.3 Å². The molecule has 27 heavy (non-hydrogen) atoms. The summed E-state index contributed by atoms with van der Waals surface area (Å²) in [4.78, 5) is 26.7. The Hall–Kier alpha value is -2.73. The van der Waals surface area contributed by atoms with Gasteiger partial charge in [0.15, 0.2) is 0 Å². The average molecular weight is 389 g/mol. The third kappa shape index (κ3) is 4.01. The van der Waals surface area contributed by atoms with Crippen LogP contribution in [-0.4, -0.2) is 32.6 Å². The summed E-state index contributed by atoms with van der Waals surface area (Å²) in [6, 6.07) is 10.6. The monoisotopic (exact) mass is 388 g/mol. The van der Waals surface area contributed by atoms with Crippen LogP contribution in [0.2, 0.25) is 5.02 Å². The van der Waals surface area contributed by atoms with Crippen molar-refractivity contribution in [3.05, 3.63) is 47.0 Å². The second-order valence-electron chi connectivity index (χ2n) is 6.40. The molecule has 1 N–H and O–H groups in total. The Morgan fingerprint density at radius 2 is 1.96 bits per heavy atom. The van der Waals surface area contributed by atoms with E-state index in [9.17, 15) is 9.59 Å². The molecule has 1 aliphatic rings. The molecule has 2 amide bonds. The van der Waals surface area contributed by atoms with Crippen LogP contribution in [0.4, 0.5) is 11.4 Å². The Kier molecular flexibility index (Phi) is 5.56. The standard InChI is InChI=1S/C20H21ClN2O4/c1-12-4-5-14(9-16(12)21)22-20(25)13-8-19(24)23(11-13)17-7-6-15(26-2)10-18(17)27-3/h4-7,9-10,13H,8,11H2,1-3H3,(H,22,25)/t13-/m1/s1. The SMILES string of the molecule is COc1ccc(N2C[C@H](C(=O)Nc3ccc(C)c(Cl)c3)CC2=O)c(OC)c1. The van der Waals surface area contributed by atoms with E-state index in [4.69, 9.17) is 21.1 Å². The van der Waals surface area contributed by atoms with E-state index in [2.05, 4.69) is 5.32 Å². The zero-order valence-corrected chi connectivity index (χ0v) is 16.2. The molecule has 0 unspecified atom stereocenters. The molecule has 1 atom stereocenters. The number of hydrogen-bond donors (Lipinski definition) is 1. The van der Waals surface area contributed by atoms with Crippen molar-refractivity contribution < 1.29 is 19.1 Å². The smallest absolute Gasteiger partial charge is 0.229 e. The average Bonchev–Trinajstić information content (AvgIpc) is 3.05. The number of halogens is 1. The first kappa shape index (κ1) is 19.0. The fourth-order valence-corrected chi connectivity index (χ4v) is 3.22. The maximum Gasteiger partial charge on any atom is 0.229 e. The molecule has 1 fully saturated rings. The van der Waals surface area contributed by atoms with E-state index in [1.54, 1.807) is 42.3 Å². The Labute approximate surface area is 163 Å². The number of anilines is 2. The van der Waals surface area contributed by atoms with E-state index >= 15 is 0 Å². The summed E-state index contributed by atoms with van der Waals surface area (Å²) in [5.74, 6) is 0.366. The number of carbonyl (C=O) groups is 2. The van der Waals surface area contributed by atoms with Crippen LogP contribution in [0.15, 0.2) is 36.4 Å². The number of benzene rings is 2. The topological polar surface area (TPSA) is 67.9 Å². The fourth-order valence-electron chi connectivity index (χ4n) is 3.04. The van der Waals surface area contributed by atoms with E-state index in [1.165, 1.54) is 7.11 Å². The number of amides is 2. The van der Waals surface area contributed by atoms with Gasteiger partial charge >= 0.3 is 0 Å². The number of hydrogen-bond acceptors (Lipinski definition) is 4.